The van der Waals surface area contributed by atoms with Crippen LogP contribution < -0.4 is 5.32 Å². The van der Waals surface area contributed by atoms with Gasteiger partial charge in [0.15, 0.2) is 0 Å². The van der Waals surface area contributed by atoms with E-state index in [1.807, 2.05) is 30.3 Å². The zero-order valence-electron chi connectivity index (χ0n) is 14.3. The lowest BCUT2D eigenvalue weighted by Gasteiger charge is -2.13. The van der Waals surface area contributed by atoms with Crippen molar-refractivity contribution in [1.29, 1.82) is 0 Å². The normalized spacial score (nSPS) is 13.0. The molecule has 26 heavy (non-hydrogen) atoms. The first kappa shape index (κ1) is 16.9. The molecule has 1 aromatic heterocycles. The Hall–Kier alpha value is -2.59. The zero-order chi connectivity index (χ0) is 18.1. The van der Waals surface area contributed by atoms with Crippen molar-refractivity contribution in [2.45, 2.75) is 25.7 Å². The average molecular weight is 367 g/mol. The van der Waals surface area contributed by atoms with E-state index in [1.54, 1.807) is 12.1 Å². The number of halogens is 1. The predicted molar refractivity (Wildman–Crippen MR) is 103 cm³/mol. The van der Waals surface area contributed by atoms with Gasteiger partial charge in [-0.25, -0.2) is 0 Å². The molecule has 4 rings (SSSR count). The molecule has 3 aromatic rings. The Kier molecular flexibility index (Phi) is 4.51. The van der Waals surface area contributed by atoms with E-state index in [0.29, 0.717) is 18.0 Å². The molecule has 132 valence electrons. The molecule has 2 aromatic carbocycles. The minimum Gasteiger partial charge on any atom is -0.508 e. The van der Waals surface area contributed by atoms with E-state index in [1.165, 1.54) is 0 Å². The minimum absolute atomic E-state index is 0.0726. The maximum absolute atomic E-state index is 13.0. The van der Waals surface area contributed by atoms with Crippen molar-refractivity contribution >= 4 is 28.4 Å². The van der Waals surface area contributed by atoms with Crippen molar-refractivity contribution in [1.82, 2.24) is 10.3 Å². The van der Waals surface area contributed by atoms with Gasteiger partial charge in [-0.2, -0.15) is 0 Å². The molecule has 0 spiro atoms. The van der Waals surface area contributed by atoms with Crippen LogP contribution in [0.1, 0.15) is 33.6 Å². The van der Waals surface area contributed by atoms with Gasteiger partial charge >= 0.3 is 0 Å². The second kappa shape index (κ2) is 6.96. The Labute approximate surface area is 156 Å². The van der Waals surface area contributed by atoms with Crippen molar-refractivity contribution in [3.05, 3.63) is 69.9 Å². The number of phenolic OH excluding ortho intramolecular Hbond substituents is 1. The Morgan fingerprint density at radius 2 is 1.96 bits per heavy atom. The second-order valence-electron chi connectivity index (χ2n) is 6.60. The summed E-state index contributed by atoms with van der Waals surface area (Å²) < 4.78 is 0. The van der Waals surface area contributed by atoms with E-state index in [4.69, 9.17) is 16.6 Å². The minimum atomic E-state index is -0.0726. The molecular formula is C21H19ClN2O2. The number of fused-ring (bicyclic) bond motifs is 2. The van der Waals surface area contributed by atoms with Crippen LogP contribution in [0.2, 0.25) is 5.02 Å². The lowest BCUT2D eigenvalue weighted by molar-refractivity contribution is 0.0955. The van der Waals surface area contributed by atoms with Crippen LogP contribution >= 0.6 is 11.6 Å². The van der Waals surface area contributed by atoms with Crippen LogP contribution in [0.4, 0.5) is 0 Å². The number of hydrogen-bond donors (Lipinski definition) is 2. The van der Waals surface area contributed by atoms with E-state index in [0.717, 1.165) is 52.5 Å². The molecule has 0 aliphatic heterocycles. The van der Waals surface area contributed by atoms with E-state index in [-0.39, 0.29) is 11.7 Å². The van der Waals surface area contributed by atoms with Crippen molar-refractivity contribution in [2.75, 3.05) is 6.54 Å². The van der Waals surface area contributed by atoms with Crippen molar-refractivity contribution in [3.63, 3.8) is 0 Å². The molecule has 2 N–H and O–H groups in total. The van der Waals surface area contributed by atoms with Gasteiger partial charge in [-0.05, 0) is 67.1 Å². The third kappa shape index (κ3) is 3.25. The summed E-state index contributed by atoms with van der Waals surface area (Å²) in [7, 11) is 0. The van der Waals surface area contributed by atoms with Gasteiger partial charge < -0.3 is 10.4 Å². The van der Waals surface area contributed by atoms with Gasteiger partial charge in [0, 0.05) is 22.6 Å². The number of carbonyl (C=O) groups excluding carboxylic acids is 1. The standard InChI is InChI=1S/C21H19ClN2O2/c22-14-6-9-19-17(12-14)20(16-2-1-3-18(16)24-19)21(26)23-11-10-13-4-7-15(25)8-5-13/h4-9,12,25H,1-3,10-11H2,(H,23,26). The summed E-state index contributed by atoms with van der Waals surface area (Å²) in [4.78, 5) is 17.7. The smallest absolute Gasteiger partial charge is 0.252 e. The first-order valence-corrected chi connectivity index (χ1v) is 9.17. The number of pyridine rings is 1. The fourth-order valence-corrected chi connectivity index (χ4v) is 3.74. The van der Waals surface area contributed by atoms with Gasteiger partial charge in [0.25, 0.3) is 5.91 Å². The molecule has 4 nitrogen and oxygen atoms in total. The van der Waals surface area contributed by atoms with Gasteiger partial charge in [-0.1, -0.05) is 23.7 Å². The van der Waals surface area contributed by atoms with E-state index >= 15 is 0 Å². The summed E-state index contributed by atoms with van der Waals surface area (Å²) in [5.74, 6) is 0.171. The number of nitrogens with one attached hydrogen (secondary N) is 1. The molecule has 0 radical (unpaired) electrons. The molecule has 1 aliphatic rings. The number of aromatic nitrogens is 1. The number of benzene rings is 2. The molecular weight excluding hydrogens is 348 g/mol. The van der Waals surface area contributed by atoms with Gasteiger partial charge in [-0.3, -0.25) is 9.78 Å². The number of carbonyl (C=O) groups is 1. The second-order valence-corrected chi connectivity index (χ2v) is 7.04. The maximum atomic E-state index is 13.0. The lowest BCUT2D eigenvalue weighted by atomic mass is 10.0. The van der Waals surface area contributed by atoms with E-state index < -0.39 is 0 Å². The fraction of sp³-hybridized carbons (Fsp3) is 0.238. The van der Waals surface area contributed by atoms with E-state index in [9.17, 15) is 9.90 Å². The van der Waals surface area contributed by atoms with Crippen LogP contribution in [-0.4, -0.2) is 22.5 Å². The SMILES string of the molecule is O=C(NCCc1ccc(O)cc1)c1c2c(nc3ccc(Cl)cc13)CCC2. The molecule has 0 saturated heterocycles. The number of rotatable bonds is 4. The Morgan fingerprint density at radius 3 is 2.77 bits per heavy atom. The molecule has 0 bridgehead atoms. The third-order valence-electron chi connectivity index (χ3n) is 4.84. The van der Waals surface area contributed by atoms with Crippen LogP contribution in [0.15, 0.2) is 42.5 Å². The number of hydrogen-bond acceptors (Lipinski definition) is 3. The first-order chi connectivity index (χ1) is 12.6. The maximum Gasteiger partial charge on any atom is 0.252 e. The van der Waals surface area contributed by atoms with Gasteiger partial charge in [0.2, 0.25) is 0 Å². The topological polar surface area (TPSA) is 62.2 Å². The Morgan fingerprint density at radius 1 is 1.15 bits per heavy atom. The molecule has 0 atom stereocenters. The summed E-state index contributed by atoms with van der Waals surface area (Å²) in [5, 5.41) is 13.8. The van der Waals surface area contributed by atoms with Gasteiger partial charge in [0.05, 0.1) is 11.1 Å². The number of nitrogens with zero attached hydrogens (tertiary/aromatic N) is 1. The van der Waals surface area contributed by atoms with Crippen LogP contribution in [-0.2, 0) is 19.3 Å². The van der Waals surface area contributed by atoms with Crippen LogP contribution in [0, 0.1) is 0 Å². The summed E-state index contributed by atoms with van der Waals surface area (Å²) in [6.45, 7) is 0.531. The molecule has 0 unspecified atom stereocenters. The predicted octanol–water partition coefficient (Wildman–Crippen LogP) is 4.06. The highest BCUT2D eigenvalue weighted by Crippen LogP contribution is 2.31. The largest absolute Gasteiger partial charge is 0.508 e. The van der Waals surface area contributed by atoms with Crippen molar-refractivity contribution in [2.24, 2.45) is 0 Å². The van der Waals surface area contributed by atoms with E-state index in [2.05, 4.69) is 5.32 Å². The Bertz CT molecular complexity index is 983. The first-order valence-electron chi connectivity index (χ1n) is 8.79. The fourth-order valence-electron chi connectivity index (χ4n) is 3.57. The molecule has 1 heterocycles. The zero-order valence-corrected chi connectivity index (χ0v) is 15.0. The molecule has 5 heteroatoms. The average Bonchev–Trinajstić information content (AvgIpc) is 3.09. The summed E-state index contributed by atoms with van der Waals surface area (Å²) >= 11 is 6.16. The molecule has 1 amide bonds. The highest BCUT2D eigenvalue weighted by molar-refractivity contribution is 6.31. The highest BCUT2D eigenvalue weighted by Gasteiger charge is 2.23. The molecule has 0 saturated carbocycles. The third-order valence-corrected chi connectivity index (χ3v) is 5.07. The number of aryl methyl sites for hydroxylation is 1. The van der Waals surface area contributed by atoms with Crippen LogP contribution in [0.5, 0.6) is 5.75 Å². The monoisotopic (exact) mass is 366 g/mol. The highest BCUT2D eigenvalue weighted by atomic mass is 35.5. The lowest BCUT2D eigenvalue weighted by Crippen LogP contribution is -2.27. The van der Waals surface area contributed by atoms with Crippen molar-refractivity contribution < 1.29 is 9.90 Å². The van der Waals surface area contributed by atoms with Gasteiger partial charge in [-0.15, -0.1) is 0 Å². The summed E-state index contributed by atoms with van der Waals surface area (Å²) in [5.41, 5.74) is 4.69. The number of aromatic hydroxyl groups is 1. The number of amides is 1. The summed E-state index contributed by atoms with van der Waals surface area (Å²) in [6.07, 6.45) is 3.53. The van der Waals surface area contributed by atoms with Crippen molar-refractivity contribution in [3.8, 4) is 5.75 Å². The molecule has 1 aliphatic carbocycles. The summed E-state index contributed by atoms with van der Waals surface area (Å²) in [6, 6.07) is 12.6. The van der Waals surface area contributed by atoms with Crippen LogP contribution in [0.3, 0.4) is 0 Å². The van der Waals surface area contributed by atoms with Gasteiger partial charge in [0.1, 0.15) is 5.75 Å². The molecule has 0 fully saturated rings. The quantitative estimate of drug-likeness (QED) is 0.732. The Balaban J connectivity index is 1.60. The van der Waals surface area contributed by atoms with Crippen LogP contribution in [0.25, 0.3) is 10.9 Å². The number of phenols is 1.